The first-order valence-corrected chi connectivity index (χ1v) is 16.8. The lowest BCUT2D eigenvalue weighted by Gasteiger charge is -2.26. The van der Waals surface area contributed by atoms with E-state index in [1.165, 1.54) is 16.9 Å². The molecule has 1 aromatic heterocycles. The largest absolute Gasteiger partial charge is 0.488 e. The summed E-state index contributed by atoms with van der Waals surface area (Å²) in [6.45, 7) is 8.54. The van der Waals surface area contributed by atoms with Crippen molar-refractivity contribution in [3.8, 4) is 5.75 Å². The molecule has 46 heavy (non-hydrogen) atoms. The van der Waals surface area contributed by atoms with E-state index in [1.54, 1.807) is 35.8 Å². The van der Waals surface area contributed by atoms with Crippen molar-refractivity contribution in [1.29, 1.82) is 0 Å². The van der Waals surface area contributed by atoms with E-state index in [9.17, 15) is 14.4 Å². The maximum Gasteiger partial charge on any atom is 0.338 e. The molecule has 0 bridgehead atoms. The Morgan fingerprint density at radius 3 is 2.39 bits per heavy atom. The lowest BCUT2D eigenvalue weighted by atomic mass is 9.92. The summed E-state index contributed by atoms with van der Waals surface area (Å²) in [6, 6.07) is 19.5. The Balaban J connectivity index is 1.52. The van der Waals surface area contributed by atoms with Crippen molar-refractivity contribution in [2.75, 3.05) is 6.61 Å². The average Bonchev–Trinajstić information content (AvgIpc) is 3.34. The van der Waals surface area contributed by atoms with E-state index in [1.807, 2.05) is 55.5 Å². The van der Waals surface area contributed by atoms with Crippen LogP contribution in [0.4, 0.5) is 0 Å². The number of nitrogens with zero attached hydrogens (tertiary/aromatic N) is 2. The molecule has 238 valence electrons. The third-order valence-electron chi connectivity index (χ3n) is 7.66. The minimum Gasteiger partial charge on any atom is -0.488 e. The number of rotatable bonds is 11. The van der Waals surface area contributed by atoms with Crippen LogP contribution in [0.5, 0.6) is 5.75 Å². The number of hydrogen-bond acceptors (Lipinski definition) is 7. The van der Waals surface area contributed by atoms with Gasteiger partial charge in [0.25, 0.3) is 5.56 Å². The average molecular weight is 704 g/mol. The fourth-order valence-electron chi connectivity index (χ4n) is 5.28. The lowest BCUT2D eigenvalue weighted by Crippen LogP contribution is -2.40. The SMILES string of the molecule is CCCC1=C(C(=O)OCC)[C@@H](c2ccc(C(C)C)cc2)n2c(s/c(=C/c3ccc(OCc4ccc(C(=O)O)cc4)c(Br)c3)c2=O)=N1. The number of carboxylic acids is 1. The van der Waals surface area contributed by atoms with Crippen LogP contribution in [0.25, 0.3) is 6.08 Å². The first-order valence-electron chi connectivity index (χ1n) is 15.2. The quantitative estimate of drug-likeness (QED) is 0.174. The topological polar surface area (TPSA) is 107 Å². The zero-order valence-electron chi connectivity index (χ0n) is 26.1. The minimum absolute atomic E-state index is 0.216. The zero-order valence-corrected chi connectivity index (χ0v) is 28.5. The van der Waals surface area contributed by atoms with E-state index in [2.05, 4.69) is 29.8 Å². The molecule has 1 N–H and O–H groups in total. The molecule has 1 atom stereocenters. The number of halogens is 1. The monoisotopic (exact) mass is 702 g/mol. The van der Waals surface area contributed by atoms with E-state index in [4.69, 9.17) is 19.6 Å². The highest BCUT2D eigenvalue weighted by Crippen LogP contribution is 2.33. The molecular weight excluding hydrogens is 668 g/mol. The van der Waals surface area contributed by atoms with Crippen molar-refractivity contribution in [2.24, 2.45) is 4.99 Å². The van der Waals surface area contributed by atoms with Gasteiger partial charge in [0.2, 0.25) is 0 Å². The predicted octanol–water partition coefficient (Wildman–Crippen LogP) is 6.74. The van der Waals surface area contributed by atoms with Gasteiger partial charge in [-0.25, -0.2) is 14.6 Å². The van der Waals surface area contributed by atoms with Crippen molar-refractivity contribution in [3.63, 3.8) is 0 Å². The van der Waals surface area contributed by atoms with E-state index < -0.39 is 18.0 Å². The molecule has 0 saturated heterocycles. The van der Waals surface area contributed by atoms with Crippen LogP contribution < -0.4 is 19.6 Å². The van der Waals surface area contributed by atoms with Crippen molar-refractivity contribution < 1.29 is 24.2 Å². The number of carbonyl (C=O) groups excluding carboxylic acids is 1. The molecule has 1 aliphatic heterocycles. The van der Waals surface area contributed by atoms with Crippen LogP contribution in [0.3, 0.4) is 0 Å². The predicted molar refractivity (Wildman–Crippen MR) is 182 cm³/mol. The number of carboxylic acid groups (broad SMARTS) is 1. The summed E-state index contributed by atoms with van der Waals surface area (Å²) in [7, 11) is 0. The second-order valence-corrected chi connectivity index (χ2v) is 13.1. The van der Waals surface area contributed by atoms with Gasteiger partial charge in [-0.05, 0) is 87.8 Å². The number of thiazole rings is 1. The summed E-state index contributed by atoms with van der Waals surface area (Å²) in [5.74, 6) is -0.489. The Kier molecular flexibility index (Phi) is 10.4. The van der Waals surface area contributed by atoms with E-state index in [0.29, 0.717) is 43.2 Å². The Morgan fingerprint density at radius 2 is 1.78 bits per heavy atom. The van der Waals surface area contributed by atoms with Gasteiger partial charge in [0, 0.05) is 0 Å². The van der Waals surface area contributed by atoms with Gasteiger partial charge >= 0.3 is 11.9 Å². The second-order valence-electron chi connectivity index (χ2n) is 11.2. The van der Waals surface area contributed by atoms with Gasteiger partial charge in [0.05, 0.1) is 38.5 Å². The Morgan fingerprint density at radius 1 is 1.07 bits per heavy atom. The molecule has 8 nitrogen and oxygen atoms in total. The Bertz CT molecular complexity index is 1970. The molecule has 0 unspecified atom stereocenters. The van der Waals surface area contributed by atoms with E-state index in [0.717, 1.165) is 23.1 Å². The first-order chi connectivity index (χ1) is 22.1. The fourth-order valence-corrected chi connectivity index (χ4v) is 6.81. The van der Waals surface area contributed by atoms with Crippen LogP contribution in [0.1, 0.15) is 85.1 Å². The highest BCUT2D eigenvalue weighted by Gasteiger charge is 2.34. The zero-order chi connectivity index (χ0) is 33.0. The highest BCUT2D eigenvalue weighted by molar-refractivity contribution is 9.10. The van der Waals surface area contributed by atoms with Gasteiger partial charge in [-0.3, -0.25) is 9.36 Å². The van der Waals surface area contributed by atoms with E-state index in [-0.39, 0.29) is 24.3 Å². The molecule has 0 radical (unpaired) electrons. The van der Waals surface area contributed by atoms with Gasteiger partial charge in [0.1, 0.15) is 12.4 Å². The number of aromatic nitrogens is 1. The molecule has 0 fully saturated rings. The summed E-state index contributed by atoms with van der Waals surface area (Å²) >= 11 is 4.87. The molecule has 4 aromatic rings. The fraction of sp³-hybridized carbons (Fsp3) is 0.278. The minimum atomic E-state index is -0.977. The maximum atomic E-state index is 14.1. The van der Waals surface area contributed by atoms with Crippen LogP contribution in [-0.2, 0) is 16.1 Å². The summed E-state index contributed by atoms with van der Waals surface area (Å²) in [5, 5.41) is 9.11. The van der Waals surface area contributed by atoms with Crippen LogP contribution in [-0.4, -0.2) is 28.2 Å². The standard InChI is InChI=1S/C36H35BrN2O6S/c1-5-7-28-31(35(43)44-6-2)32(25-15-13-24(14-16-25)21(3)4)39-33(40)30(46-36(39)38-28)19-23-10-17-29(27(37)18-23)45-20-22-8-11-26(12-9-22)34(41)42/h8-19,21,32H,5-7,20H2,1-4H3,(H,41,42)/b30-19+/t32-/m1/s1. The summed E-state index contributed by atoms with van der Waals surface area (Å²) < 4.78 is 14.3. The molecule has 0 aliphatic carbocycles. The normalized spacial score (nSPS) is 14.7. The van der Waals surface area contributed by atoms with Crippen molar-refractivity contribution in [2.45, 2.75) is 59.1 Å². The number of allylic oxidation sites excluding steroid dienone is 1. The molecular formula is C36H35BrN2O6S. The van der Waals surface area contributed by atoms with Crippen LogP contribution >= 0.6 is 27.3 Å². The van der Waals surface area contributed by atoms with Crippen LogP contribution in [0, 0.1) is 0 Å². The second kappa shape index (κ2) is 14.4. The molecule has 3 aromatic carbocycles. The third kappa shape index (κ3) is 7.08. The lowest BCUT2D eigenvalue weighted by molar-refractivity contribution is -0.139. The van der Waals surface area contributed by atoms with Gasteiger partial charge in [-0.1, -0.05) is 81.0 Å². The number of benzene rings is 3. The van der Waals surface area contributed by atoms with Crippen LogP contribution in [0.2, 0.25) is 0 Å². The molecule has 10 heteroatoms. The number of aromatic carboxylic acids is 1. The molecule has 0 saturated carbocycles. The van der Waals surface area contributed by atoms with Gasteiger partial charge in [0.15, 0.2) is 4.80 Å². The molecule has 0 spiro atoms. The van der Waals surface area contributed by atoms with Gasteiger partial charge < -0.3 is 14.6 Å². The summed E-state index contributed by atoms with van der Waals surface area (Å²) in [4.78, 5) is 44.0. The van der Waals surface area contributed by atoms with Crippen molar-refractivity contribution in [3.05, 3.63) is 130 Å². The number of esters is 1. The maximum absolute atomic E-state index is 14.1. The van der Waals surface area contributed by atoms with E-state index >= 15 is 0 Å². The Hall–Kier alpha value is -4.28. The number of carbonyl (C=O) groups is 2. The van der Waals surface area contributed by atoms with Crippen molar-refractivity contribution >= 4 is 45.3 Å². The first kappa shape index (κ1) is 33.1. The summed E-state index contributed by atoms with van der Waals surface area (Å²) in [5.41, 5.74) is 4.64. The number of hydrogen-bond donors (Lipinski definition) is 1. The smallest absolute Gasteiger partial charge is 0.338 e. The van der Waals surface area contributed by atoms with Gasteiger partial charge in [-0.15, -0.1) is 0 Å². The summed E-state index contributed by atoms with van der Waals surface area (Å²) in [6.07, 6.45) is 3.18. The molecule has 2 heterocycles. The molecule has 1 aliphatic rings. The number of fused-ring (bicyclic) bond motifs is 1. The van der Waals surface area contributed by atoms with Crippen LogP contribution in [0.15, 0.2) is 92.3 Å². The molecule has 5 rings (SSSR count). The van der Waals surface area contributed by atoms with Crippen molar-refractivity contribution in [1.82, 2.24) is 4.57 Å². The third-order valence-corrected chi connectivity index (χ3v) is 9.26. The number of ether oxygens (including phenoxy) is 2. The Labute approximate surface area is 279 Å². The highest BCUT2D eigenvalue weighted by atomic mass is 79.9. The van der Waals surface area contributed by atoms with Gasteiger partial charge in [-0.2, -0.15) is 0 Å². The molecule has 0 amide bonds.